The highest BCUT2D eigenvalue weighted by molar-refractivity contribution is 7.89. The van der Waals surface area contributed by atoms with Crippen LogP contribution >= 0.6 is 12.2 Å². The van der Waals surface area contributed by atoms with E-state index in [9.17, 15) is 23.6 Å². The molecule has 4 N–H and O–H groups in total. The van der Waals surface area contributed by atoms with E-state index in [0.29, 0.717) is 16.6 Å². The number of nitro groups is 1. The molecule has 0 aliphatic rings. The van der Waals surface area contributed by atoms with Gasteiger partial charge in [0.1, 0.15) is 0 Å². The van der Waals surface area contributed by atoms with Gasteiger partial charge in [0.2, 0.25) is 21.0 Å². The maximum atomic E-state index is 11.6. The summed E-state index contributed by atoms with van der Waals surface area (Å²) in [5, 5.41) is 40.8. The van der Waals surface area contributed by atoms with E-state index in [1.165, 1.54) is 30.3 Å². The van der Waals surface area contributed by atoms with Crippen LogP contribution in [0.5, 0.6) is 5.88 Å². The number of non-ortho nitro benzene ring substituents is 1. The molecule has 0 radical (unpaired) electrons. The van der Waals surface area contributed by atoms with Gasteiger partial charge in [-0.2, -0.15) is 0 Å². The number of hydrogen-bond acceptors (Lipinski definition) is 7. The van der Waals surface area contributed by atoms with E-state index in [4.69, 9.17) is 17.4 Å². The van der Waals surface area contributed by atoms with Gasteiger partial charge in [0, 0.05) is 23.2 Å². The zero-order chi connectivity index (χ0) is 27.7. The van der Waals surface area contributed by atoms with Crippen LogP contribution in [0.2, 0.25) is 0 Å². The van der Waals surface area contributed by atoms with Crippen molar-refractivity contribution in [2.45, 2.75) is 11.4 Å². The quantitative estimate of drug-likeness (QED) is 0.105. The smallest absolute Gasteiger partial charge is 0.270 e. The minimum Gasteiger partial charge on any atom is -0.493 e. The first-order valence-electron chi connectivity index (χ1n) is 11.4. The Morgan fingerprint density at radius 1 is 1.03 bits per heavy atom. The molecule has 4 aromatic carbocycles. The highest BCUT2D eigenvalue weighted by Crippen LogP contribution is 2.41. The Hall–Kier alpha value is -4.72. The second-order valence-electron chi connectivity index (χ2n) is 8.60. The van der Waals surface area contributed by atoms with Crippen LogP contribution in [0.3, 0.4) is 0 Å². The molecular weight excluding hydrogens is 540 g/mol. The number of aromatic nitrogens is 1. The van der Waals surface area contributed by atoms with E-state index in [2.05, 4.69) is 15.5 Å². The number of primary sulfonamides is 1. The van der Waals surface area contributed by atoms with Crippen molar-refractivity contribution in [3.05, 3.63) is 101 Å². The van der Waals surface area contributed by atoms with Crippen LogP contribution in [0.4, 0.5) is 17.1 Å². The number of thiocarbonyl (C=S) groups is 1. The fraction of sp³-hybridized carbons (Fsp3) is 0.0385. The molecule has 0 amide bonds. The second kappa shape index (κ2) is 10.2. The molecule has 0 saturated carbocycles. The molecule has 1 aromatic heterocycles. The molecule has 0 atom stereocenters. The molecular formula is C26H20N6O5S2. The van der Waals surface area contributed by atoms with Crippen molar-refractivity contribution in [1.29, 1.82) is 0 Å². The molecule has 0 bridgehead atoms. The third kappa shape index (κ3) is 5.45. The SMILES string of the molecule is NS(=O)(=O)c1cccc(NC(=S)N=Nc2c(O)n(Cc3ccc4ccccc4c3)c3ccc([N+](=O)[O-])cc23)c1. The number of azo groups is 1. The van der Waals surface area contributed by atoms with Crippen LogP contribution in [-0.4, -0.2) is 28.1 Å². The maximum absolute atomic E-state index is 11.6. The molecule has 5 aromatic rings. The lowest BCUT2D eigenvalue weighted by Gasteiger charge is -2.08. The van der Waals surface area contributed by atoms with Gasteiger partial charge in [-0.05, 0) is 58.9 Å². The van der Waals surface area contributed by atoms with Crippen LogP contribution in [-0.2, 0) is 16.6 Å². The van der Waals surface area contributed by atoms with E-state index >= 15 is 0 Å². The monoisotopic (exact) mass is 560 g/mol. The number of anilines is 1. The van der Waals surface area contributed by atoms with Crippen molar-refractivity contribution in [2.75, 3.05) is 5.32 Å². The molecule has 0 saturated heterocycles. The third-order valence-electron chi connectivity index (χ3n) is 6.01. The number of hydrogen-bond donors (Lipinski definition) is 3. The molecule has 39 heavy (non-hydrogen) atoms. The van der Waals surface area contributed by atoms with Crippen molar-refractivity contribution in [3.8, 4) is 5.88 Å². The van der Waals surface area contributed by atoms with E-state index in [-0.39, 0.29) is 33.8 Å². The van der Waals surface area contributed by atoms with Crippen molar-refractivity contribution < 1.29 is 18.4 Å². The minimum atomic E-state index is -3.92. The maximum Gasteiger partial charge on any atom is 0.270 e. The Morgan fingerprint density at radius 3 is 2.54 bits per heavy atom. The summed E-state index contributed by atoms with van der Waals surface area (Å²) in [4.78, 5) is 10.8. The number of nitro benzene ring substituents is 1. The largest absolute Gasteiger partial charge is 0.493 e. The van der Waals surface area contributed by atoms with E-state index in [0.717, 1.165) is 16.3 Å². The molecule has 196 valence electrons. The van der Waals surface area contributed by atoms with Gasteiger partial charge in [-0.3, -0.25) is 10.1 Å². The summed E-state index contributed by atoms with van der Waals surface area (Å²) in [7, 11) is -3.92. The fourth-order valence-electron chi connectivity index (χ4n) is 4.20. The predicted molar refractivity (Wildman–Crippen MR) is 152 cm³/mol. The Morgan fingerprint density at radius 2 is 1.79 bits per heavy atom. The average Bonchev–Trinajstić information content (AvgIpc) is 3.16. The van der Waals surface area contributed by atoms with Crippen LogP contribution in [0, 0.1) is 10.1 Å². The lowest BCUT2D eigenvalue weighted by atomic mass is 10.1. The van der Waals surface area contributed by atoms with E-state index < -0.39 is 14.9 Å². The van der Waals surface area contributed by atoms with Crippen LogP contribution < -0.4 is 10.5 Å². The standard InChI is InChI=1S/C26H20N6O5S2/c27-39(36,37)21-7-3-6-19(13-21)28-26(38)30-29-24-22-14-20(32(34)35)10-11-23(22)31(25(24)33)15-16-8-9-17-4-1-2-5-18(17)12-16/h1-14,33H,15H2,(H,28,38)(H2,27,36,37). The highest BCUT2D eigenvalue weighted by atomic mass is 32.2. The number of nitrogens with two attached hydrogens (primary N) is 1. The topological polar surface area (TPSA) is 165 Å². The van der Waals surface area contributed by atoms with Gasteiger partial charge in [0.15, 0.2) is 5.69 Å². The minimum absolute atomic E-state index is 0.00285. The number of aromatic hydroxyl groups is 1. The number of benzene rings is 4. The van der Waals surface area contributed by atoms with Crippen LogP contribution in [0.25, 0.3) is 21.7 Å². The molecule has 0 unspecified atom stereocenters. The summed E-state index contributed by atoms with van der Waals surface area (Å²) in [6.07, 6.45) is 0. The Kier molecular flexibility index (Phi) is 6.78. The fourth-order valence-corrected chi connectivity index (χ4v) is 4.92. The van der Waals surface area contributed by atoms with Crippen LogP contribution in [0.1, 0.15) is 5.56 Å². The molecule has 5 rings (SSSR count). The first-order chi connectivity index (χ1) is 18.6. The van der Waals surface area contributed by atoms with Gasteiger partial charge >= 0.3 is 0 Å². The number of fused-ring (bicyclic) bond motifs is 2. The third-order valence-corrected chi connectivity index (χ3v) is 7.11. The van der Waals surface area contributed by atoms with Crippen molar-refractivity contribution in [2.24, 2.45) is 15.4 Å². The number of nitrogens with one attached hydrogen (secondary N) is 1. The first kappa shape index (κ1) is 25.9. The Labute approximate surface area is 227 Å². The Balaban J connectivity index is 1.51. The highest BCUT2D eigenvalue weighted by Gasteiger charge is 2.20. The van der Waals surface area contributed by atoms with Gasteiger partial charge in [-0.15, -0.1) is 10.2 Å². The number of sulfonamides is 1. The second-order valence-corrected chi connectivity index (χ2v) is 10.5. The van der Waals surface area contributed by atoms with Crippen molar-refractivity contribution in [1.82, 2.24) is 4.57 Å². The average molecular weight is 561 g/mol. The lowest BCUT2D eigenvalue weighted by molar-refractivity contribution is -0.384. The molecule has 11 nitrogen and oxygen atoms in total. The van der Waals surface area contributed by atoms with E-state index in [1.54, 1.807) is 16.7 Å². The molecule has 1 heterocycles. The molecule has 0 spiro atoms. The summed E-state index contributed by atoms with van der Waals surface area (Å²) < 4.78 is 24.8. The normalized spacial score (nSPS) is 11.8. The van der Waals surface area contributed by atoms with E-state index in [1.807, 2.05) is 42.5 Å². The van der Waals surface area contributed by atoms with Gasteiger partial charge in [0.25, 0.3) is 5.69 Å². The first-order valence-corrected chi connectivity index (χ1v) is 13.4. The summed E-state index contributed by atoms with van der Waals surface area (Å²) >= 11 is 5.21. The van der Waals surface area contributed by atoms with Gasteiger partial charge < -0.3 is 15.0 Å². The number of nitrogens with zero attached hydrogens (tertiary/aromatic N) is 4. The predicted octanol–water partition coefficient (Wildman–Crippen LogP) is 5.58. The van der Waals surface area contributed by atoms with Crippen LogP contribution in [0.15, 0.2) is 100 Å². The van der Waals surface area contributed by atoms with Crippen molar-refractivity contribution in [3.63, 3.8) is 0 Å². The Bertz CT molecular complexity index is 1920. The summed E-state index contributed by atoms with van der Waals surface area (Å²) in [6, 6.07) is 23.7. The summed E-state index contributed by atoms with van der Waals surface area (Å²) in [6.45, 7) is 0.267. The zero-order valence-electron chi connectivity index (χ0n) is 20.1. The summed E-state index contributed by atoms with van der Waals surface area (Å²) in [5.74, 6) is -0.249. The van der Waals surface area contributed by atoms with Gasteiger partial charge in [-0.1, -0.05) is 42.5 Å². The molecule has 0 aliphatic heterocycles. The lowest BCUT2D eigenvalue weighted by Crippen LogP contribution is -2.13. The zero-order valence-corrected chi connectivity index (χ0v) is 21.7. The molecule has 0 aliphatic carbocycles. The van der Waals surface area contributed by atoms with Gasteiger partial charge in [-0.25, -0.2) is 13.6 Å². The van der Waals surface area contributed by atoms with Gasteiger partial charge in [0.05, 0.1) is 21.9 Å². The van der Waals surface area contributed by atoms with Crippen molar-refractivity contribution >= 4 is 66.1 Å². The summed E-state index contributed by atoms with van der Waals surface area (Å²) in [5.41, 5.74) is 1.54. The number of rotatable bonds is 6. The molecule has 13 heteroatoms. The molecule has 0 fully saturated rings.